The number of nitrogens with zero attached hydrogens (tertiary/aromatic N) is 2. The van der Waals surface area contributed by atoms with Crippen LogP contribution in [0.1, 0.15) is 48.5 Å². The van der Waals surface area contributed by atoms with Gasteiger partial charge in [0, 0.05) is 7.11 Å². The van der Waals surface area contributed by atoms with Crippen LogP contribution in [0.3, 0.4) is 0 Å². The molecule has 0 aliphatic rings. The van der Waals surface area contributed by atoms with Crippen LogP contribution in [-0.2, 0) is 19.0 Å². The van der Waals surface area contributed by atoms with Gasteiger partial charge in [-0.25, -0.2) is 14.6 Å². The number of thiophene rings is 1. The molecule has 2 heterocycles. The van der Waals surface area contributed by atoms with Crippen molar-refractivity contribution in [1.29, 1.82) is 0 Å². The SMILES string of the molecule is CCC(C)OC(=O)c1sc2ncn(C(C)C(=O)OCCOC)c(=O)c2c1C. The predicted octanol–water partition coefficient (Wildman–Crippen LogP) is 2.47. The zero-order valence-corrected chi connectivity index (χ0v) is 16.9. The molecule has 8 nitrogen and oxygen atoms in total. The first-order valence-corrected chi connectivity index (χ1v) is 9.50. The zero-order chi connectivity index (χ0) is 20.1. The molecule has 0 spiro atoms. The molecule has 0 saturated heterocycles. The first kappa shape index (κ1) is 21.0. The summed E-state index contributed by atoms with van der Waals surface area (Å²) in [6.07, 6.45) is 1.78. The molecule has 27 heavy (non-hydrogen) atoms. The van der Waals surface area contributed by atoms with E-state index in [1.54, 1.807) is 13.8 Å². The summed E-state index contributed by atoms with van der Waals surface area (Å²) in [5.74, 6) is -1.03. The Bertz CT molecular complexity index is 888. The summed E-state index contributed by atoms with van der Waals surface area (Å²) in [6.45, 7) is 7.35. The minimum atomic E-state index is -0.846. The van der Waals surface area contributed by atoms with E-state index < -0.39 is 23.5 Å². The van der Waals surface area contributed by atoms with Gasteiger partial charge in [-0.05, 0) is 32.8 Å². The lowest BCUT2D eigenvalue weighted by Crippen LogP contribution is -2.30. The minimum absolute atomic E-state index is 0.104. The molecule has 0 saturated carbocycles. The molecule has 2 unspecified atom stereocenters. The number of methoxy groups -OCH3 is 1. The van der Waals surface area contributed by atoms with Crippen molar-refractivity contribution in [2.45, 2.75) is 46.3 Å². The van der Waals surface area contributed by atoms with Crippen LogP contribution >= 0.6 is 11.3 Å². The third kappa shape index (κ3) is 4.54. The second-order valence-corrected chi connectivity index (χ2v) is 7.15. The zero-order valence-electron chi connectivity index (χ0n) is 16.1. The molecule has 0 bridgehead atoms. The number of aryl methyl sites for hydroxylation is 1. The van der Waals surface area contributed by atoms with Crippen molar-refractivity contribution in [3.8, 4) is 0 Å². The van der Waals surface area contributed by atoms with Gasteiger partial charge in [0.05, 0.1) is 24.4 Å². The summed E-state index contributed by atoms with van der Waals surface area (Å²) in [7, 11) is 1.50. The summed E-state index contributed by atoms with van der Waals surface area (Å²) in [4.78, 5) is 42.4. The summed E-state index contributed by atoms with van der Waals surface area (Å²) in [5.41, 5.74) is 0.114. The summed E-state index contributed by atoms with van der Waals surface area (Å²) in [5, 5.41) is 0.315. The number of rotatable bonds is 8. The maximum atomic E-state index is 12.9. The van der Waals surface area contributed by atoms with Crippen LogP contribution in [0.15, 0.2) is 11.1 Å². The van der Waals surface area contributed by atoms with Crippen LogP contribution in [0.2, 0.25) is 0 Å². The van der Waals surface area contributed by atoms with Gasteiger partial charge in [0.15, 0.2) is 0 Å². The number of fused-ring (bicyclic) bond motifs is 1. The number of hydrogen-bond acceptors (Lipinski definition) is 8. The first-order valence-electron chi connectivity index (χ1n) is 8.68. The van der Waals surface area contributed by atoms with Crippen molar-refractivity contribution < 1.29 is 23.8 Å². The van der Waals surface area contributed by atoms with Gasteiger partial charge >= 0.3 is 11.9 Å². The molecule has 0 N–H and O–H groups in total. The highest BCUT2D eigenvalue weighted by atomic mass is 32.1. The summed E-state index contributed by atoms with van der Waals surface area (Å²) in [6, 6.07) is -0.846. The Kier molecular flexibility index (Phi) is 7.09. The van der Waals surface area contributed by atoms with Crippen molar-refractivity contribution in [2.75, 3.05) is 20.3 Å². The number of esters is 2. The van der Waals surface area contributed by atoms with Crippen molar-refractivity contribution in [1.82, 2.24) is 9.55 Å². The Morgan fingerprint density at radius 3 is 2.63 bits per heavy atom. The molecule has 2 aromatic heterocycles. The normalized spacial score (nSPS) is 13.4. The van der Waals surface area contributed by atoms with Crippen molar-refractivity contribution in [3.63, 3.8) is 0 Å². The largest absolute Gasteiger partial charge is 0.462 e. The van der Waals surface area contributed by atoms with Gasteiger partial charge in [0.2, 0.25) is 0 Å². The van der Waals surface area contributed by atoms with Crippen LogP contribution in [0.25, 0.3) is 10.2 Å². The van der Waals surface area contributed by atoms with E-state index in [1.807, 2.05) is 13.8 Å². The van der Waals surface area contributed by atoms with Crippen molar-refractivity contribution in [2.24, 2.45) is 0 Å². The molecule has 148 valence electrons. The van der Waals surface area contributed by atoms with Crippen LogP contribution in [0.4, 0.5) is 0 Å². The second-order valence-electron chi connectivity index (χ2n) is 6.15. The van der Waals surface area contributed by atoms with Gasteiger partial charge in [-0.2, -0.15) is 0 Å². The highest BCUT2D eigenvalue weighted by molar-refractivity contribution is 7.20. The maximum absolute atomic E-state index is 12.9. The third-order valence-corrected chi connectivity index (χ3v) is 5.41. The second kappa shape index (κ2) is 9.09. The van der Waals surface area contributed by atoms with Gasteiger partial charge in [-0.1, -0.05) is 6.92 Å². The average molecular weight is 396 g/mol. The molecule has 0 amide bonds. The number of carbonyl (C=O) groups is 2. The lowest BCUT2D eigenvalue weighted by atomic mass is 10.2. The van der Waals surface area contributed by atoms with Gasteiger partial charge in [-0.15, -0.1) is 11.3 Å². The summed E-state index contributed by atoms with van der Waals surface area (Å²) < 4.78 is 16.5. The molecule has 0 aromatic carbocycles. The Labute approximate surface area is 161 Å². The molecule has 0 aliphatic heterocycles. The number of aromatic nitrogens is 2. The highest BCUT2D eigenvalue weighted by Crippen LogP contribution is 2.28. The molecular weight excluding hydrogens is 372 g/mol. The fraction of sp³-hybridized carbons (Fsp3) is 0.556. The van der Waals surface area contributed by atoms with Gasteiger partial charge < -0.3 is 14.2 Å². The molecule has 0 fully saturated rings. The van der Waals surface area contributed by atoms with E-state index in [2.05, 4.69) is 4.98 Å². The number of carbonyl (C=O) groups excluding carboxylic acids is 2. The summed E-state index contributed by atoms with van der Waals surface area (Å²) >= 11 is 1.11. The Morgan fingerprint density at radius 1 is 1.30 bits per heavy atom. The molecule has 2 rings (SSSR count). The van der Waals surface area contributed by atoms with E-state index in [0.717, 1.165) is 11.3 Å². The van der Waals surface area contributed by atoms with E-state index in [-0.39, 0.29) is 19.3 Å². The fourth-order valence-electron chi connectivity index (χ4n) is 2.39. The Hall–Kier alpha value is -2.26. The lowest BCUT2D eigenvalue weighted by Gasteiger charge is -2.14. The van der Waals surface area contributed by atoms with Crippen LogP contribution in [0, 0.1) is 6.92 Å². The minimum Gasteiger partial charge on any atom is -0.462 e. The number of hydrogen-bond donors (Lipinski definition) is 0. The first-order chi connectivity index (χ1) is 12.8. The van der Waals surface area contributed by atoms with Crippen molar-refractivity contribution in [3.05, 3.63) is 27.1 Å². The van der Waals surface area contributed by atoms with E-state index in [4.69, 9.17) is 14.2 Å². The standard InChI is InChI=1S/C18H24N2O6S/c1-6-10(2)26-18(23)14-11(3)13-15(27-14)19-9-20(16(13)21)12(4)17(22)25-8-7-24-5/h9-10,12H,6-8H2,1-5H3. The lowest BCUT2D eigenvalue weighted by molar-refractivity contribution is -0.148. The monoisotopic (exact) mass is 396 g/mol. The van der Waals surface area contributed by atoms with Gasteiger partial charge in [0.25, 0.3) is 5.56 Å². The molecular formula is C18H24N2O6S. The van der Waals surface area contributed by atoms with Gasteiger partial charge in [0.1, 0.15) is 22.4 Å². The highest BCUT2D eigenvalue weighted by Gasteiger charge is 2.24. The predicted molar refractivity (Wildman–Crippen MR) is 101 cm³/mol. The quantitative estimate of drug-likeness (QED) is 0.499. The van der Waals surface area contributed by atoms with Gasteiger partial charge in [-0.3, -0.25) is 9.36 Å². The van der Waals surface area contributed by atoms with E-state index in [9.17, 15) is 14.4 Å². The molecule has 2 atom stereocenters. The van der Waals surface area contributed by atoms with Crippen LogP contribution in [0.5, 0.6) is 0 Å². The third-order valence-electron chi connectivity index (χ3n) is 4.23. The van der Waals surface area contributed by atoms with E-state index in [0.29, 0.717) is 27.1 Å². The molecule has 2 aromatic rings. The Morgan fingerprint density at radius 2 is 2.00 bits per heavy atom. The molecule has 0 aliphatic carbocycles. The molecule has 0 radical (unpaired) electrons. The average Bonchev–Trinajstić information content (AvgIpc) is 2.99. The van der Waals surface area contributed by atoms with Crippen LogP contribution in [-0.4, -0.2) is 47.9 Å². The topological polar surface area (TPSA) is 96.7 Å². The Balaban J connectivity index is 2.36. The van der Waals surface area contributed by atoms with E-state index >= 15 is 0 Å². The van der Waals surface area contributed by atoms with Crippen LogP contribution < -0.4 is 5.56 Å². The smallest absolute Gasteiger partial charge is 0.348 e. The fourth-order valence-corrected chi connectivity index (χ4v) is 3.41. The number of ether oxygens (including phenoxy) is 3. The maximum Gasteiger partial charge on any atom is 0.348 e. The molecule has 9 heteroatoms. The van der Waals surface area contributed by atoms with Crippen molar-refractivity contribution >= 4 is 33.5 Å². The van der Waals surface area contributed by atoms with E-state index in [1.165, 1.54) is 18.0 Å².